The maximum atomic E-state index is 2.64. The summed E-state index contributed by atoms with van der Waals surface area (Å²) < 4.78 is 0. The van der Waals surface area contributed by atoms with Crippen molar-refractivity contribution in [1.82, 2.24) is 0 Å². The average molecular weight is 873 g/mol. The van der Waals surface area contributed by atoms with Crippen LogP contribution in [-0.2, 0) is 0 Å². The molecule has 2 heterocycles. The van der Waals surface area contributed by atoms with E-state index in [-0.39, 0.29) is 13.4 Å². The Kier molecular flexibility index (Phi) is 11.2. The third-order valence-corrected chi connectivity index (χ3v) is 14.2. The van der Waals surface area contributed by atoms with Gasteiger partial charge in [0, 0.05) is 34.1 Å². The van der Waals surface area contributed by atoms with Gasteiger partial charge in [0.2, 0.25) is 13.4 Å². The largest absolute Gasteiger partial charge is 0.311 e. The molecule has 0 aromatic heterocycles. The van der Waals surface area contributed by atoms with E-state index in [2.05, 4.69) is 270 Å². The molecule has 9 aromatic carbocycles. The minimum atomic E-state index is -0.112. The van der Waals surface area contributed by atoms with Crippen molar-refractivity contribution in [3.63, 3.8) is 0 Å². The normalized spacial score (nSPS) is 13.5. The van der Waals surface area contributed by atoms with Gasteiger partial charge in [-0.05, 0) is 116 Å². The second kappa shape index (κ2) is 17.8. The van der Waals surface area contributed by atoms with Crippen molar-refractivity contribution < 1.29 is 0 Å². The topological polar surface area (TPSA) is 6.48 Å². The first kappa shape index (κ1) is 42.8. The molecule has 0 spiro atoms. The zero-order chi connectivity index (χ0) is 46.5. The maximum absolute atomic E-state index is 2.64. The zero-order valence-electron chi connectivity index (χ0n) is 39.8. The van der Waals surface area contributed by atoms with Gasteiger partial charge in [-0.2, -0.15) is 0 Å². The van der Waals surface area contributed by atoms with Crippen molar-refractivity contribution in [2.75, 3.05) is 9.80 Å². The number of hydrogen-bond acceptors (Lipinski definition) is 2. The van der Waals surface area contributed by atoms with Crippen LogP contribution in [0, 0.1) is 41.5 Å². The van der Waals surface area contributed by atoms with Crippen molar-refractivity contribution in [1.29, 1.82) is 0 Å². The van der Waals surface area contributed by atoms with Crippen molar-refractivity contribution >= 4 is 80.4 Å². The van der Waals surface area contributed by atoms with Gasteiger partial charge in [-0.15, -0.1) is 0 Å². The lowest BCUT2D eigenvalue weighted by molar-refractivity contribution is 1.26. The fourth-order valence-electron chi connectivity index (χ4n) is 11.7. The lowest BCUT2D eigenvalue weighted by atomic mass is 9.29. The summed E-state index contributed by atoms with van der Waals surface area (Å²) in [5.41, 5.74) is 27.4. The van der Waals surface area contributed by atoms with Crippen molar-refractivity contribution in [3.05, 3.63) is 274 Å². The number of anilines is 4. The van der Waals surface area contributed by atoms with Gasteiger partial charge in [-0.3, -0.25) is 0 Å². The molecule has 0 saturated carbocycles. The molecular formula is C64H54B2N2. The molecule has 0 atom stereocenters. The van der Waals surface area contributed by atoms with Gasteiger partial charge in [-0.1, -0.05) is 232 Å². The Hall–Kier alpha value is -7.81. The molecule has 2 nitrogen and oxygen atoms in total. The minimum absolute atomic E-state index is 0.112. The highest BCUT2D eigenvalue weighted by Crippen LogP contribution is 2.48. The van der Waals surface area contributed by atoms with E-state index in [1.54, 1.807) is 0 Å². The summed E-state index contributed by atoms with van der Waals surface area (Å²) in [6, 6.07) is 81.3. The van der Waals surface area contributed by atoms with Crippen LogP contribution in [0.3, 0.4) is 0 Å². The van der Waals surface area contributed by atoms with Crippen LogP contribution in [0.1, 0.15) is 55.6 Å². The Bertz CT molecular complexity index is 3110. The SMILES string of the molecule is Cc1cc(C)c(B2C(c3ccccc3)=C(c3ccccc3)N(c3ccccc3)c3cc4c(cc32)B(c2c(C)cc(C)cc2C)C(c2ccccc2)=C(c2ccccc2)N4c2ccccc2)c(C)c1. The Labute approximate surface area is 403 Å². The number of nitrogens with zero attached hydrogens (tertiary/aromatic N) is 2. The molecule has 2 aliphatic heterocycles. The second-order valence-corrected chi connectivity index (χ2v) is 18.8. The van der Waals surface area contributed by atoms with Crippen molar-refractivity contribution in [2.45, 2.75) is 41.5 Å². The fourth-order valence-corrected chi connectivity index (χ4v) is 11.7. The Morgan fingerprint density at radius 1 is 0.294 bits per heavy atom. The first-order valence-electron chi connectivity index (χ1n) is 24.0. The zero-order valence-corrected chi connectivity index (χ0v) is 39.8. The number of aryl methyl sites for hydroxylation is 6. The standard InChI is InChI=1S/C64H54B2N2/c1-43-37-45(3)59(46(4)38-43)65-55-41-56-58(42-57(55)67(53-33-21-11-22-34-53)63(51-29-17-9-18-30-51)61(65)49-25-13-7-14-26-49)68(54-35-23-12-24-36-54)64(52-31-19-10-20-32-52)62(50-27-15-8-16-28-50)66(56)60-47(5)39-44(2)40-48(60)6/h7-42H,1-6H3. The van der Waals surface area contributed by atoms with Crippen LogP contribution in [0.15, 0.2) is 218 Å². The van der Waals surface area contributed by atoms with Crippen LogP contribution >= 0.6 is 0 Å². The van der Waals surface area contributed by atoms with E-state index in [0.29, 0.717) is 0 Å². The molecule has 0 radical (unpaired) electrons. The molecule has 0 bridgehead atoms. The quantitative estimate of drug-likeness (QED) is 0.140. The van der Waals surface area contributed by atoms with Gasteiger partial charge < -0.3 is 9.80 Å². The Balaban J connectivity index is 1.37. The third kappa shape index (κ3) is 7.42. The molecule has 2 aliphatic rings. The third-order valence-electron chi connectivity index (χ3n) is 14.2. The van der Waals surface area contributed by atoms with Crippen LogP contribution in [0.25, 0.3) is 22.3 Å². The molecule has 0 N–H and O–H groups in total. The molecule has 11 rings (SSSR count). The minimum Gasteiger partial charge on any atom is -0.311 e. The molecule has 4 heteroatoms. The molecule has 0 unspecified atom stereocenters. The molecule has 68 heavy (non-hydrogen) atoms. The Morgan fingerprint density at radius 3 is 0.882 bits per heavy atom. The molecule has 0 fully saturated rings. The number of para-hydroxylation sites is 2. The first-order chi connectivity index (χ1) is 33.3. The monoisotopic (exact) mass is 872 g/mol. The summed E-state index contributed by atoms with van der Waals surface area (Å²) in [5, 5.41) is 0. The summed E-state index contributed by atoms with van der Waals surface area (Å²) in [4.78, 5) is 5.14. The Morgan fingerprint density at radius 2 is 0.574 bits per heavy atom. The van der Waals surface area contributed by atoms with Crippen LogP contribution < -0.4 is 31.7 Å². The molecule has 9 aromatic rings. The summed E-state index contributed by atoms with van der Waals surface area (Å²) in [7, 11) is 0. The average Bonchev–Trinajstić information content (AvgIpc) is 3.36. The lowest BCUT2D eigenvalue weighted by Crippen LogP contribution is -2.56. The van der Waals surface area contributed by atoms with E-state index in [1.165, 1.54) is 111 Å². The number of fused-ring (bicyclic) bond motifs is 2. The number of rotatable bonds is 8. The summed E-state index contributed by atoms with van der Waals surface area (Å²) >= 11 is 0. The summed E-state index contributed by atoms with van der Waals surface area (Å²) in [5.74, 6) is 0. The van der Waals surface area contributed by atoms with E-state index < -0.39 is 0 Å². The fraction of sp³-hybridized carbons (Fsp3) is 0.0938. The number of hydrogen-bond donors (Lipinski definition) is 0. The van der Waals surface area contributed by atoms with Gasteiger partial charge in [-0.25, -0.2) is 0 Å². The number of benzene rings is 9. The first-order valence-corrected chi connectivity index (χ1v) is 24.0. The van der Waals surface area contributed by atoms with E-state index in [0.717, 1.165) is 11.4 Å². The molecule has 0 aliphatic carbocycles. The summed E-state index contributed by atoms with van der Waals surface area (Å²) in [6.45, 7) is 13.5. The predicted octanol–water partition coefficient (Wildman–Crippen LogP) is 13.3. The van der Waals surface area contributed by atoms with Crippen LogP contribution in [-0.4, -0.2) is 13.4 Å². The second-order valence-electron chi connectivity index (χ2n) is 18.8. The van der Waals surface area contributed by atoms with Crippen molar-refractivity contribution in [3.8, 4) is 0 Å². The van der Waals surface area contributed by atoms with Crippen LogP contribution in [0.5, 0.6) is 0 Å². The van der Waals surface area contributed by atoms with Gasteiger partial charge in [0.15, 0.2) is 0 Å². The van der Waals surface area contributed by atoms with Gasteiger partial charge in [0.1, 0.15) is 0 Å². The van der Waals surface area contributed by atoms with E-state index in [9.17, 15) is 0 Å². The van der Waals surface area contributed by atoms with E-state index >= 15 is 0 Å². The highest BCUT2D eigenvalue weighted by molar-refractivity contribution is 7.05. The van der Waals surface area contributed by atoms with Crippen molar-refractivity contribution in [2.24, 2.45) is 0 Å². The van der Waals surface area contributed by atoms with E-state index in [1.807, 2.05) is 0 Å². The van der Waals surface area contributed by atoms with E-state index in [4.69, 9.17) is 0 Å². The van der Waals surface area contributed by atoms with Gasteiger partial charge in [0.05, 0.1) is 0 Å². The molecule has 326 valence electrons. The maximum Gasteiger partial charge on any atom is 0.248 e. The predicted molar refractivity (Wildman–Crippen MR) is 294 cm³/mol. The summed E-state index contributed by atoms with van der Waals surface area (Å²) in [6.07, 6.45) is 0. The van der Waals surface area contributed by atoms with Gasteiger partial charge in [0.25, 0.3) is 0 Å². The highest BCUT2D eigenvalue weighted by Gasteiger charge is 2.45. The molecule has 0 amide bonds. The van der Waals surface area contributed by atoms with Gasteiger partial charge >= 0.3 is 0 Å². The van der Waals surface area contributed by atoms with Crippen LogP contribution in [0.2, 0.25) is 0 Å². The molecule has 0 saturated heterocycles. The lowest BCUT2D eigenvalue weighted by Gasteiger charge is -2.44. The van der Waals surface area contributed by atoms with Crippen LogP contribution in [0.4, 0.5) is 22.7 Å². The highest BCUT2D eigenvalue weighted by atomic mass is 15.2. The molecular weight excluding hydrogens is 818 g/mol. The smallest absolute Gasteiger partial charge is 0.248 e.